The Bertz CT molecular complexity index is 972. The number of nitrogens with one attached hydrogen (secondary N) is 1. The van der Waals surface area contributed by atoms with Crippen LogP contribution in [-0.4, -0.2) is 36.7 Å². The van der Waals surface area contributed by atoms with Crippen molar-refractivity contribution in [3.63, 3.8) is 0 Å². The second-order valence-corrected chi connectivity index (χ2v) is 5.01. The Kier molecular flexibility index (Phi) is 3.67. The van der Waals surface area contributed by atoms with Crippen molar-refractivity contribution in [2.24, 2.45) is 5.73 Å². The number of fused-ring (bicyclic) bond motifs is 1. The molecule has 10 nitrogen and oxygen atoms in total. The molecule has 0 spiro atoms. The normalized spacial score (nSPS) is 11.8. The Balaban J connectivity index is 2.14. The summed E-state index contributed by atoms with van der Waals surface area (Å²) in [6.07, 6.45) is 4.45. The van der Waals surface area contributed by atoms with E-state index in [4.69, 9.17) is 16.7 Å². The molecule has 3 rings (SSSR count). The van der Waals surface area contributed by atoms with Gasteiger partial charge in [0.2, 0.25) is 5.95 Å². The molecule has 0 bridgehead atoms. The first-order valence-electron chi connectivity index (χ1n) is 6.92. The number of pyridine rings is 1. The van der Waals surface area contributed by atoms with Gasteiger partial charge in [-0.15, -0.1) is 0 Å². The van der Waals surface area contributed by atoms with E-state index in [1.54, 1.807) is 25.4 Å². The zero-order chi connectivity index (χ0) is 17.3. The molecule has 1 amide bonds. The molecule has 3 heterocycles. The maximum atomic E-state index is 11.5. The van der Waals surface area contributed by atoms with Crippen molar-refractivity contribution >= 4 is 28.6 Å². The molecule has 24 heavy (non-hydrogen) atoms. The molecular formula is C14H13N9O. The first-order chi connectivity index (χ1) is 11.5. The van der Waals surface area contributed by atoms with Crippen LogP contribution in [0.15, 0.2) is 24.7 Å². The van der Waals surface area contributed by atoms with Gasteiger partial charge in [0, 0.05) is 18.5 Å². The fraction of sp³-hybridized carbons (Fsp3) is 0.143. The highest BCUT2D eigenvalue weighted by Crippen LogP contribution is 2.21. The van der Waals surface area contributed by atoms with Gasteiger partial charge in [0.15, 0.2) is 11.5 Å². The first-order valence-corrected chi connectivity index (χ1v) is 6.92. The third-order valence-electron chi connectivity index (χ3n) is 3.27. The maximum Gasteiger partial charge on any atom is 0.252 e. The molecule has 1 atom stereocenters. The topological polar surface area (TPSA) is 161 Å². The van der Waals surface area contributed by atoms with Gasteiger partial charge in [-0.1, -0.05) is 0 Å². The van der Waals surface area contributed by atoms with Crippen LogP contribution in [0.2, 0.25) is 0 Å². The van der Waals surface area contributed by atoms with Crippen molar-refractivity contribution < 1.29 is 4.79 Å². The molecule has 0 aliphatic heterocycles. The van der Waals surface area contributed by atoms with Crippen LogP contribution in [0.4, 0.5) is 11.6 Å². The van der Waals surface area contributed by atoms with E-state index in [-0.39, 0.29) is 11.5 Å². The van der Waals surface area contributed by atoms with Crippen molar-refractivity contribution in [1.82, 2.24) is 24.7 Å². The number of amides is 1. The smallest absolute Gasteiger partial charge is 0.252 e. The van der Waals surface area contributed by atoms with E-state index in [1.165, 1.54) is 10.9 Å². The van der Waals surface area contributed by atoms with Gasteiger partial charge in [-0.3, -0.25) is 4.79 Å². The number of rotatable bonds is 4. The van der Waals surface area contributed by atoms with E-state index < -0.39 is 11.9 Å². The van der Waals surface area contributed by atoms with Crippen molar-refractivity contribution in [3.8, 4) is 11.9 Å². The van der Waals surface area contributed by atoms with Crippen molar-refractivity contribution in [3.05, 3.63) is 30.2 Å². The summed E-state index contributed by atoms with van der Waals surface area (Å²) in [5, 5.41) is 16.8. The van der Waals surface area contributed by atoms with Crippen LogP contribution in [0, 0.1) is 11.3 Å². The van der Waals surface area contributed by atoms with Crippen LogP contribution in [0.5, 0.6) is 0 Å². The lowest BCUT2D eigenvalue weighted by atomic mass is 10.2. The molecule has 10 heteroatoms. The van der Waals surface area contributed by atoms with E-state index in [0.717, 1.165) is 0 Å². The fourth-order valence-electron chi connectivity index (χ4n) is 2.14. The third-order valence-corrected chi connectivity index (χ3v) is 3.27. The molecule has 0 fully saturated rings. The van der Waals surface area contributed by atoms with E-state index in [0.29, 0.717) is 22.5 Å². The number of nitrogens with zero attached hydrogens (tertiary/aromatic N) is 6. The Morgan fingerprint density at radius 1 is 1.38 bits per heavy atom. The third kappa shape index (κ3) is 2.66. The zero-order valence-electron chi connectivity index (χ0n) is 12.6. The number of hydrogen-bond acceptors (Lipinski definition) is 8. The molecule has 0 unspecified atom stereocenters. The Labute approximate surface area is 136 Å². The van der Waals surface area contributed by atoms with Crippen molar-refractivity contribution in [2.75, 3.05) is 11.1 Å². The van der Waals surface area contributed by atoms with Gasteiger partial charge in [0.05, 0.1) is 28.9 Å². The second-order valence-electron chi connectivity index (χ2n) is 5.01. The summed E-state index contributed by atoms with van der Waals surface area (Å²) in [6.45, 7) is 1.65. The Hall–Kier alpha value is -3.74. The molecule has 0 saturated carbocycles. The predicted octanol–water partition coefficient (Wildman–Crippen LogP) is 0.216. The molecule has 0 aliphatic carbocycles. The zero-order valence-corrected chi connectivity index (χ0v) is 12.6. The minimum absolute atomic E-state index is 0.106. The summed E-state index contributed by atoms with van der Waals surface area (Å²) >= 11 is 0. The largest absolute Gasteiger partial charge is 0.369 e. The highest BCUT2D eigenvalue weighted by molar-refractivity contribution is 5.98. The molecule has 120 valence electrons. The monoisotopic (exact) mass is 323 g/mol. The molecule has 5 N–H and O–H groups in total. The minimum Gasteiger partial charge on any atom is -0.369 e. The summed E-state index contributed by atoms with van der Waals surface area (Å²) in [7, 11) is 0. The van der Waals surface area contributed by atoms with Gasteiger partial charge >= 0.3 is 0 Å². The number of carbonyl (C=O) groups is 1. The molecule has 0 radical (unpaired) electrons. The van der Waals surface area contributed by atoms with Crippen LogP contribution in [0.3, 0.4) is 0 Å². The lowest BCUT2D eigenvalue weighted by Gasteiger charge is -2.13. The van der Waals surface area contributed by atoms with Gasteiger partial charge < -0.3 is 16.8 Å². The van der Waals surface area contributed by atoms with Crippen molar-refractivity contribution in [2.45, 2.75) is 13.0 Å². The average Bonchev–Trinajstić information content (AvgIpc) is 2.97. The lowest BCUT2D eigenvalue weighted by molar-refractivity contribution is 0.100. The average molecular weight is 323 g/mol. The number of aromatic nitrogens is 5. The van der Waals surface area contributed by atoms with Gasteiger partial charge in [-0.2, -0.15) is 20.0 Å². The van der Waals surface area contributed by atoms with Gasteiger partial charge in [-0.25, -0.2) is 9.97 Å². The van der Waals surface area contributed by atoms with Crippen LogP contribution in [0.25, 0.3) is 16.9 Å². The van der Waals surface area contributed by atoms with Gasteiger partial charge in [0.25, 0.3) is 5.91 Å². The number of primary amides is 1. The first kappa shape index (κ1) is 15.2. The number of anilines is 2. The number of hydrogen-bond donors (Lipinski definition) is 3. The SMILES string of the molecule is C[C@H](C#N)Nc1cc(-n2ncc3cnc(N)nc32)ncc1C(N)=O. The molecule has 3 aromatic rings. The van der Waals surface area contributed by atoms with Crippen LogP contribution >= 0.6 is 0 Å². The highest BCUT2D eigenvalue weighted by Gasteiger charge is 2.15. The molecule has 0 aromatic carbocycles. The summed E-state index contributed by atoms with van der Waals surface area (Å²) in [6, 6.07) is 3.07. The summed E-state index contributed by atoms with van der Waals surface area (Å²) in [4.78, 5) is 23.8. The Morgan fingerprint density at radius 2 is 2.17 bits per heavy atom. The van der Waals surface area contributed by atoms with E-state index in [2.05, 4.69) is 25.4 Å². The maximum absolute atomic E-state index is 11.5. The minimum atomic E-state index is -0.654. The van der Waals surface area contributed by atoms with E-state index in [1.807, 2.05) is 6.07 Å². The summed E-state index contributed by atoms with van der Waals surface area (Å²) in [5.41, 5.74) is 12.0. The van der Waals surface area contributed by atoms with Crippen LogP contribution in [0.1, 0.15) is 17.3 Å². The van der Waals surface area contributed by atoms with Crippen LogP contribution in [-0.2, 0) is 0 Å². The van der Waals surface area contributed by atoms with E-state index in [9.17, 15) is 4.79 Å². The summed E-state index contributed by atoms with van der Waals surface area (Å²) < 4.78 is 1.46. The predicted molar refractivity (Wildman–Crippen MR) is 86.1 cm³/mol. The number of nitriles is 1. The fourth-order valence-corrected chi connectivity index (χ4v) is 2.14. The molecule has 0 saturated heterocycles. The van der Waals surface area contributed by atoms with E-state index >= 15 is 0 Å². The standard InChI is InChI=1S/C14H13N9O/c1-7(3-15)21-10-2-11(18-6-9(10)12(16)24)23-13-8(5-20-23)4-19-14(17)22-13/h2,4-7H,1H3,(H2,16,24)(H,18,21)(H2,17,19,22)/t7-/m1/s1. The number of nitrogens with two attached hydrogens (primary N) is 2. The Morgan fingerprint density at radius 3 is 2.88 bits per heavy atom. The van der Waals surface area contributed by atoms with Gasteiger partial charge in [0.1, 0.15) is 6.04 Å². The summed E-state index contributed by atoms with van der Waals surface area (Å²) in [5.74, 6) is -0.159. The lowest BCUT2D eigenvalue weighted by Crippen LogP contribution is -2.19. The molecular weight excluding hydrogens is 310 g/mol. The second kappa shape index (κ2) is 5.81. The van der Waals surface area contributed by atoms with Gasteiger partial charge in [-0.05, 0) is 6.92 Å². The number of carbonyl (C=O) groups excluding carboxylic acids is 1. The molecule has 3 aromatic heterocycles. The quantitative estimate of drug-likeness (QED) is 0.614. The highest BCUT2D eigenvalue weighted by atomic mass is 16.1. The van der Waals surface area contributed by atoms with Crippen molar-refractivity contribution in [1.29, 1.82) is 5.26 Å². The number of nitrogen functional groups attached to an aromatic ring is 1. The molecule has 0 aliphatic rings. The van der Waals surface area contributed by atoms with Crippen LogP contribution < -0.4 is 16.8 Å².